The predicted octanol–water partition coefficient (Wildman–Crippen LogP) is 3.95. The molecule has 0 spiro atoms. The third-order valence-electron chi connectivity index (χ3n) is 6.13. The van der Waals surface area contributed by atoms with Gasteiger partial charge in [0.1, 0.15) is 4.90 Å². The van der Waals surface area contributed by atoms with Gasteiger partial charge in [0, 0.05) is 19.3 Å². The van der Waals surface area contributed by atoms with Gasteiger partial charge in [-0.05, 0) is 50.5 Å². The second kappa shape index (κ2) is 7.76. The second-order valence-electron chi connectivity index (χ2n) is 8.03. The number of benzene rings is 1. The van der Waals surface area contributed by atoms with Gasteiger partial charge in [-0.25, -0.2) is 8.42 Å². The van der Waals surface area contributed by atoms with Crippen molar-refractivity contribution in [1.29, 1.82) is 0 Å². The lowest BCUT2D eigenvalue weighted by Gasteiger charge is -2.31. The Kier molecular flexibility index (Phi) is 5.37. The summed E-state index contributed by atoms with van der Waals surface area (Å²) in [6.07, 6.45) is 9.27. The molecule has 1 saturated heterocycles. The standard InChI is InChI=1S/C21H29N3O2S/c1-17-21(16-24(22-17)20-9-5-6-10-20)27(25,26)23-13-11-19(12-14-23)15-18-7-3-2-4-8-18/h2-4,7-8,16,19-20H,5-6,9-15H2,1H3. The summed E-state index contributed by atoms with van der Waals surface area (Å²) in [6, 6.07) is 10.9. The molecule has 1 saturated carbocycles. The minimum atomic E-state index is -3.45. The van der Waals surface area contributed by atoms with Gasteiger partial charge in [-0.15, -0.1) is 0 Å². The first kappa shape index (κ1) is 18.7. The average molecular weight is 388 g/mol. The maximum absolute atomic E-state index is 13.2. The molecule has 1 aliphatic heterocycles. The molecule has 6 heteroatoms. The summed E-state index contributed by atoms with van der Waals surface area (Å²) in [5.41, 5.74) is 1.97. The number of sulfonamides is 1. The van der Waals surface area contributed by atoms with E-state index in [9.17, 15) is 8.42 Å². The fraction of sp³-hybridized carbons (Fsp3) is 0.571. The number of hydrogen-bond acceptors (Lipinski definition) is 3. The number of aryl methyl sites for hydroxylation is 1. The molecule has 2 fully saturated rings. The van der Waals surface area contributed by atoms with Crippen molar-refractivity contribution in [2.24, 2.45) is 5.92 Å². The molecule has 27 heavy (non-hydrogen) atoms. The summed E-state index contributed by atoms with van der Waals surface area (Å²) in [7, 11) is -3.45. The quantitative estimate of drug-likeness (QED) is 0.780. The van der Waals surface area contributed by atoms with Gasteiger partial charge in [0.2, 0.25) is 10.0 Å². The largest absolute Gasteiger partial charge is 0.268 e. The lowest BCUT2D eigenvalue weighted by molar-refractivity contribution is 0.272. The number of aromatic nitrogens is 2. The van der Waals surface area contributed by atoms with Gasteiger partial charge in [-0.2, -0.15) is 9.40 Å². The van der Waals surface area contributed by atoms with Crippen molar-refractivity contribution in [1.82, 2.24) is 14.1 Å². The fourth-order valence-corrected chi connectivity index (χ4v) is 6.14. The van der Waals surface area contributed by atoms with Gasteiger partial charge in [-0.1, -0.05) is 43.2 Å². The summed E-state index contributed by atoms with van der Waals surface area (Å²) >= 11 is 0. The highest BCUT2D eigenvalue weighted by Crippen LogP contribution is 2.32. The molecule has 0 bridgehead atoms. The monoisotopic (exact) mass is 387 g/mol. The van der Waals surface area contributed by atoms with Crippen molar-refractivity contribution in [3.63, 3.8) is 0 Å². The second-order valence-corrected chi connectivity index (χ2v) is 9.94. The minimum Gasteiger partial charge on any atom is -0.268 e. The topological polar surface area (TPSA) is 55.2 Å². The van der Waals surface area contributed by atoms with E-state index in [1.165, 1.54) is 18.4 Å². The van der Waals surface area contributed by atoms with E-state index < -0.39 is 10.0 Å². The van der Waals surface area contributed by atoms with E-state index in [4.69, 9.17) is 0 Å². The van der Waals surface area contributed by atoms with Crippen LogP contribution in [-0.4, -0.2) is 35.6 Å². The third-order valence-corrected chi connectivity index (χ3v) is 8.13. The Morgan fingerprint density at radius 3 is 2.37 bits per heavy atom. The summed E-state index contributed by atoms with van der Waals surface area (Å²) < 4.78 is 29.9. The van der Waals surface area contributed by atoms with E-state index in [0.717, 1.165) is 32.1 Å². The van der Waals surface area contributed by atoms with E-state index in [1.807, 2.05) is 17.7 Å². The van der Waals surface area contributed by atoms with Crippen molar-refractivity contribution < 1.29 is 8.42 Å². The van der Waals surface area contributed by atoms with Crippen LogP contribution in [0.4, 0.5) is 0 Å². The van der Waals surface area contributed by atoms with E-state index >= 15 is 0 Å². The van der Waals surface area contributed by atoms with Crippen molar-refractivity contribution in [3.05, 3.63) is 47.8 Å². The van der Waals surface area contributed by atoms with Crippen LogP contribution in [0.5, 0.6) is 0 Å². The highest BCUT2D eigenvalue weighted by atomic mass is 32.2. The molecular weight excluding hydrogens is 358 g/mol. The molecule has 0 radical (unpaired) electrons. The lowest BCUT2D eigenvalue weighted by Crippen LogP contribution is -2.39. The maximum atomic E-state index is 13.2. The van der Waals surface area contributed by atoms with Gasteiger partial charge in [-0.3, -0.25) is 4.68 Å². The number of nitrogens with zero attached hydrogens (tertiary/aromatic N) is 3. The Hall–Kier alpha value is -1.66. The van der Waals surface area contributed by atoms with Crippen LogP contribution in [0.1, 0.15) is 55.8 Å². The smallest absolute Gasteiger partial charge is 0.246 e. The Balaban J connectivity index is 1.43. The molecular formula is C21H29N3O2S. The van der Waals surface area contributed by atoms with Crippen LogP contribution in [0.2, 0.25) is 0 Å². The van der Waals surface area contributed by atoms with Gasteiger partial charge < -0.3 is 0 Å². The molecule has 5 nitrogen and oxygen atoms in total. The van der Waals surface area contributed by atoms with Gasteiger partial charge in [0.25, 0.3) is 0 Å². The molecule has 4 rings (SSSR count). The van der Waals surface area contributed by atoms with Crippen molar-refractivity contribution in [3.8, 4) is 0 Å². The number of hydrogen-bond donors (Lipinski definition) is 0. The summed E-state index contributed by atoms with van der Waals surface area (Å²) in [6.45, 7) is 3.03. The molecule has 1 aliphatic carbocycles. The van der Waals surface area contributed by atoms with Crippen LogP contribution in [0.25, 0.3) is 0 Å². The number of rotatable bonds is 5. The number of piperidine rings is 1. The fourth-order valence-electron chi connectivity index (χ4n) is 4.51. The maximum Gasteiger partial charge on any atom is 0.246 e. The van der Waals surface area contributed by atoms with E-state index in [2.05, 4.69) is 29.4 Å². The summed E-state index contributed by atoms with van der Waals surface area (Å²) in [4.78, 5) is 0.399. The Labute approximate surface area is 162 Å². The molecule has 2 aliphatic rings. The van der Waals surface area contributed by atoms with E-state index in [0.29, 0.717) is 35.6 Å². The van der Waals surface area contributed by atoms with E-state index in [-0.39, 0.29) is 0 Å². The first-order valence-corrected chi connectivity index (χ1v) is 11.6. The van der Waals surface area contributed by atoms with Gasteiger partial charge >= 0.3 is 0 Å². The van der Waals surface area contributed by atoms with Crippen LogP contribution in [-0.2, 0) is 16.4 Å². The first-order valence-electron chi connectivity index (χ1n) is 10.1. The van der Waals surface area contributed by atoms with Crippen molar-refractivity contribution >= 4 is 10.0 Å². The van der Waals surface area contributed by atoms with Crippen LogP contribution in [0.15, 0.2) is 41.4 Å². The van der Waals surface area contributed by atoms with Crippen LogP contribution >= 0.6 is 0 Å². The Morgan fingerprint density at radius 2 is 1.70 bits per heavy atom. The third kappa shape index (κ3) is 3.97. The normalized spacial score (nSPS) is 20.3. The molecule has 0 unspecified atom stereocenters. The highest BCUT2D eigenvalue weighted by molar-refractivity contribution is 7.89. The predicted molar refractivity (Wildman–Crippen MR) is 106 cm³/mol. The molecule has 0 atom stereocenters. The molecule has 0 amide bonds. The lowest BCUT2D eigenvalue weighted by atomic mass is 9.91. The van der Waals surface area contributed by atoms with Crippen LogP contribution < -0.4 is 0 Å². The van der Waals surface area contributed by atoms with Crippen LogP contribution in [0.3, 0.4) is 0 Å². The molecule has 2 heterocycles. The van der Waals surface area contributed by atoms with Crippen LogP contribution in [0, 0.1) is 12.8 Å². The summed E-state index contributed by atoms with van der Waals surface area (Å²) in [5.74, 6) is 0.557. The molecule has 0 N–H and O–H groups in total. The van der Waals surface area contributed by atoms with Crippen molar-refractivity contribution in [2.75, 3.05) is 13.1 Å². The molecule has 2 aromatic rings. The molecule has 146 valence electrons. The average Bonchev–Trinajstić information content (AvgIpc) is 3.33. The SMILES string of the molecule is Cc1nn(C2CCCC2)cc1S(=O)(=O)N1CCC(Cc2ccccc2)CC1. The first-order chi connectivity index (χ1) is 13.0. The molecule has 1 aromatic carbocycles. The Bertz CT molecular complexity index is 862. The zero-order valence-electron chi connectivity index (χ0n) is 16.0. The zero-order chi connectivity index (χ0) is 18.9. The minimum absolute atomic E-state index is 0.365. The van der Waals surface area contributed by atoms with Gasteiger partial charge in [0.05, 0.1) is 11.7 Å². The van der Waals surface area contributed by atoms with E-state index in [1.54, 1.807) is 10.5 Å². The highest BCUT2D eigenvalue weighted by Gasteiger charge is 2.32. The molecule has 1 aromatic heterocycles. The zero-order valence-corrected chi connectivity index (χ0v) is 16.9. The summed E-state index contributed by atoms with van der Waals surface area (Å²) in [5, 5.41) is 4.54. The Morgan fingerprint density at radius 1 is 1.04 bits per heavy atom. The van der Waals surface area contributed by atoms with Gasteiger partial charge in [0.15, 0.2) is 0 Å². The van der Waals surface area contributed by atoms with Crippen molar-refractivity contribution in [2.45, 2.75) is 62.8 Å².